The number of nitrogens with two attached hydrogens (primary N) is 1. The van der Waals surface area contributed by atoms with Crippen molar-refractivity contribution in [2.45, 2.75) is 45.1 Å². The average molecular weight is 302 g/mol. The lowest BCUT2D eigenvalue weighted by Gasteiger charge is -2.43. The zero-order valence-electron chi connectivity index (χ0n) is 13.3. The summed E-state index contributed by atoms with van der Waals surface area (Å²) in [5, 5.41) is 3.05. The monoisotopic (exact) mass is 302 g/mol. The van der Waals surface area contributed by atoms with E-state index >= 15 is 0 Å². The van der Waals surface area contributed by atoms with Crippen LogP contribution in [0.1, 0.15) is 39.0 Å². The first kappa shape index (κ1) is 15.3. The van der Waals surface area contributed by atoms with Crippen molar-refractivity contribution in [3.63, 3.8) is 0 Å². The van der Waals surface area contributed by atoms with E-state index in [0.717, 1.165) is 24.3 Å². The van der Waals surface area contributed by atoms with Crippen molar-refractivity contribution in [1.82, 2.24) is 0 Å². The SMILES string of the molecule is CCOc1cccc(NC(=O)C2CC3CCCC(C2)C3N)c1. The lowest BCUT2D eigenvalue weighted by atomic mass is 9.65. The molecule has 2 aliphatic rings. The fourth-order valence-electron chi connectivity index (χ4n) is 4.08. The van der Waals surface area contributed by atoms with Gasteiger partial charge < -0.3 is 15.8 Å². The van der Waals surface area contributed by atoms with Crippen molar-refractivity contribution >= 4 is 11.6 Å². The Hall–Kier alpha value is -1.55. The molecule has 120 valence electrons. The Bertz CT molecular complexity index is 518. The largest absolute Gasteiger partial charge is 0.494 e. The molecule has 4 heteroatoms. The van der Waals surface area contributed by atoms with Crippen molar-refractivity contribution in [3.05, 3.63) is 24.3 Å². The normalized spacial score (nSPS) is 30.6. The van der Waals surface area contributed by atoms with Gasteiger partial charge in [0.2, 0.25) is 5.91 Å². The second-order valence-electron chi connectivity index (χ2n) is 6.65. The quantitative estimate of drug-likeness (QED) is 0.898. The number of rotatable bonds is 4. The van der Waals surface area contributed by atoms with Gasteiger partial charge in [0.25, 0.3) is 0 Å². The summed E-state index contributed by atoms with van der Waals surface area (Å²) in [6.07, 6.45) is 5.51. The Morgan fingerprint density at radius 2 is 2.05 bits per heavy atom. The molecule has 2 saturated carbocycles. The van der Waals surface area contributed by atoms with Gasteiger partial charge in [-0.2, -0.15) is 0 Å². The third-order valence-electron chi connectivity index (χ3n) is 5.20. The summed E-state index contributed by atoms with van der Waals surface area (Å²) in [7, 11) is 0. The van der Waals surface area contributed by atoms with Gasteiger partial charge in [-0.15, -0.1) is 0 Å². The minimum atomic E-state index is 0.103. The third kappa shape index (κ3) is 3.27. The molecule has 1 aromatic carbocycles. The maximum absolute atomic E-state index is 12.6. The number of nitrogens with one attached hydrogen (secondary N) is 1. The van der Waals surface area contributed by atoms with Gasteiger partial charge in [-0.25, -0.2) is 0 Å². The topological polar surface area (TPSA) is 64.3 Å². The summed E-state index contributed by atoms with van der Waals surface area (Å²) < 4.78 is 5.48. The summed E-state index contributed by atoms with van der Waals surface area (Å²) in [5.41, 5.74) is 7.12. The fourth-order valence-corrected chi connectivity index (χ4v) is 4.08. The molecule has 0 radical (unpaired) electrons. The number of fused-ring (bicyclic) bond motifs is 2. The molecule has 1 amide bonds. The highest BCUT2D eigenvalue weighted by Gasteiger charge is 2.40. The molecule has 1 aromatic rings. The van der Waals surface area contributed by atoms with Crippen LogP contribution in [0.2, 0.25) is 0 Å². The smallest absolute Gasteiger partial charge is 0.227 e. The van der Waals surface area contributed by atoms with E-state index in [1.807, 2.05) is 31.2 Å². The number of hydrogen-bond acceptors (Lipinski definition) is 3. The number of carbonyl (C=O) groups excluding carboxylic acids is 1. The van der Waals surface area contributed by atoms with Crippen LogP contribution in [0.3, 0.4) is 0 Å². The number of anilines is 1. The molecule has 22 heavy (non-hydrogen) atoms. The van der Waals surface area contributed by atoms with Crippen LogP contribution in [0.4, 0.5) is 5.69 Å². The molecule has 0 aromatic heterocycles. The van der Waals surface area contributed by atoms with Crippen molar-refractivity contribution in [2.75, 3.05) is 11.9 Å². The molecule has 2 unspecified atom stereocenters. The minimum absolute atomic E-state index is 0.103. The van der Waals surface area contributed by atoms with E-state index in [0.29, 0.717) is 24.5 Å². The molecule has 3 rings (SSSR count). The second kappa shape index (κ2) is 6.69. The van der Waals surface area contributed by atoms with Crippen molar-refractivity contribution in [3.8, 4) is 5.75 Å². The molecule has 0 spiro atoms. The Balaban J connectivity index is 1.63. The van der Waals surface area contributed by atoms with Crippen LogP contribution in [-0.4, -0.2) is 18.6 Å². The predicted octanol–water partition coefficient (Wildman–Crippen LogP) is 3.18. The van der Waals surface area contributed by atoms with E-state index in [1.54, 1.807) is 0 Å². The van der Waals surface area contributed by atoms with E-state index < -0.39 is 0 Å². The number of hydrogen-bond donors (Lipinski definition) is 2. The molecule has 0 aliphatic heterocycles. The predicted molar refractivity (Wildman–Crippen MR) is 87.8 cm³/mol. The summed E-state index contributed by atoms with van der Waals surface area (Å²) in [6, 6.07) is 7.92. The minimum Gasteiger partial charge on any atom is -0.494 e. The van der Waals surface area contributed by atoms with Crippen LogP contribution in [0.15, 0.2) is 24.3 Å². The molecular formula is C18H26N2O2. The van der Waals surface area contributed by atoms with Crippen LogP contribution >= 0.6 is 0 Å². The highest BCUT2D eigenvalue weighted by molar-refractivity contribution is 5.92. The van der Waals surface area contributed by atoms with Crippen LogP contribution < -0.4 is 15.8 Å². The molecule has 3 N–H and O–H groups in total. The van der Waals surface area contributed by atoms with Crippen molar-refractivity contribution in [2.24, 2.45) is 23.5 Å². The van der Waals surface area contributed by atoms with E-state index in [-0.39, 0.29) is 11.8 Å². The molecule has 0 heterocycles. The van der Waals surface area contributed by atoms with Gasteiger partial charge in [0, 0.05) is 23.7 Å². The van der Waals surface area contributed by atoms with Gasteiger partial charge in [-0.05, 0) is 56.6 Å². The zero-order chi connectivity index (χ0) is 15.5. The van der Waals surface area contributed by atoms with Gasteiger partial charge in [0.1, 0.15) is 5.75 Å². The Morgan fingerprint density at radius 1 is 1.32 bits per heavy atom. The lowest BCUT2D eigenvalue weighted by Crippen LogP contribution is -2.48. The maximum Gasteiger partial charge on any atom is 0.227 e. The molecule has 4 nitrogen and oxygen atoms in total. The zero-order valence-corrected chi connectivity index (χ0v) is 13.3. The number of amides is 1. The second-order valence-corrected chi connectivity index (χ2v) is 6.65. The number of ether oxygens (including phenoxy) is 1. The molecule has 0 saturated heterocycles. The summed E-state index contributed by atoms with van der Waals surface area (Å²) in [4.78, 5) is 12.6. The van der Waals surface area contributed by atoms with Crippen molar-refractivity contribution < 1.29 is 9.53 Å². The molecule has 2 fully saturated rings. The van der Waals surface area contributed by atoms with Crippen LogP contribution in [0.25, 0.3) is 0 Å². The summed E-state index contributed by atoms with van der Waals surface area (Å²) >= 11 is 0. The van der Waals surface area contributed by atoms with Crippen LogP contribution in [0, 0.1) is 17.8 Å². The average Bonchev–Trinajstić information content (AvgIpc) is 2.47. The summed E-state index contributed by atoms with van der Waals surface area (Å²) in [6.45, 7) is 2.58. The lowest BCUT2D eigenvalue weighted by molar-refractivity contribution is -0.122. The highest BCUT2D eigenvalue weighted by atomic mass is 16.5. The first-order valence-electron chi connectivity index (χ1n) is 8.46. The standard InChI is InChI=1S/C18H26N2O2/c1-2-22-16-8-4-7-15(11-16)20-18(21)14-9-12-5-3-6-13(10-14)17(12)19/h4,7-8,11-14,17H,2-3,5-6,9-10,19H2,1H3,(H,20,21). The molecule has 2 aliphatic carbocycles. The first-order valence-corrected chi connectivity index (χ1v) is 8.46. The maximum atomic E-state index is 12.6. The third-order valence-corrected chi connectivity index (χ3v) is 5.20. The number of benzene rings is 1. The van der Waals surface area contributed by atoms with Crippen LogP contribution in [-0.2, 0) is 4.79 Å². The number of carbonyl (C=O) groups is 1. The van der Waals surface area contributed by atoms with Gasteiger partial charge in [-0.1, -0.05) is 12.5 Å². The van der Waals surface area contributed by atoms with Gasteiger partial charge in [-0.3, -0.25) is 4.79 Å². The Labute approximate surface area is 132 Å². The van der Waals surface area contributed by atoms with E-state index in [1.165, 1.54) is 19.3 Å². The van der Waals surface area contributed by atoms with E-state index in [9.17, 15) is 4.79 Å². The summed E-state index contributed by atoms with van der Waals surface area (Å²) in [5.74, 6) is 2.09. The van der Waals surface area contributed by atoms with Crippen LogP contribution in [0.5, 0.6) is 5.75 Å². The Kier molecular flexibility index (Phi) is 4.67. The van der Waals surface area contributed by atoms with Gasteiger partial charge in [0.15, 0.2) is 0 Å². The Morgan fingerprint density at radius 3 is 2.73 bits per heavy atom. The highest BCUT2D eigenvalue weighted by Crippen LogP contribution is 2.42. The van der Waals surface area contributed by atoms with Gasteiger partial charge >= 0.3 is 0 Å². The first-order chi connectivity index (χ1) is 10.7. The molecule has 2 atom stereocenters. The van der Waals surface area contributed by atoms with E-state index in [4.69, 9.17) is 10.5 Å². The van der Waals surface area contributed by atoms with Gasteiger partial charge in [0.05, 0.1) is 6.61 Å². The molecular weight excluding hydrogens is 276 g/mol. The van der Waals surface area contributed by atoms with E-state index in [2.05, 4.69) is 5.32 Å². The van der Waals surface area contributed by atoms with Crippen molar-refractivity contribution in [1.29, 1.82) is 0 Å². The molecule has 2 bridgehead atoms. The fraction of sp³-hybridized carbons (Fsp3) is 0.611.